The highest BCUT2D eigenvalue weighted by Gasteiger charge is 2.34. The molecule has 116 valence electrons. The van der Waals surface area contributed by atoms with Gasteiger partial charge in [-0.1, -0.05) is 18.5 Å². The molecule has 0 aliphatic carbocycles. The average molecular weight is 333 g/mol. The van der Waals surface area contributed by atoms with Crippen molar-refractivity contribution in [2.45, 2.75) is 37.6 Å². The monoisotopic (exact) mass is 332 g/mol. The van der Waals surface area contributed by atoms with Crippen molar-refractivity contribution in [3.05, 3.63) is 33.3 Å². The van der Waals surface area contributed by atoms with E-state index in [-0.39, 0.29) is 16.0 Å². The summed E-state index contributed by atoms with van der Waals surface area (Å²) >= 11 is 5.72. The number of hydrogen-bond acceptors (Lipinski definition) is 4. The summed E-state index contributed by atoms with van der Waals surface area (Å²) in [4.78, 5) is 10.1. The lowest BCUT2D eigenvalue weighted by Crippen LogP contribution is -2.44. The zero-order valence-electron chi connectivity index (χ0n) is 11.8. The molecule has 1 heterocycles. The number of sulfonamides is 1. The highest BCUT2D eigenvalue weighted by atomic mass is 35.5. The summed E-state index contributed by atoms with van der Waals surface area (Å²) in [5.74, 6) is 0.478. The van der Waals surface area contributed by atoms with Crippen molar-refractivity contribution in [2.75, 3.05) is 6.54 Å². The second-order valence-electron chi connectivity index (χ2n) is 5.46. The van der Waals surface area contributed by atoms with Crippen LogP contribution in [0.15, 0.2) is 23.1 Å². The van der Waals surface area contributed by atoms with Gasteiger partial charge in [-0.2, -0.15) is 4.31 Å². The lowest BCUT2D eigenvalue weighted by molar-refractivity contribution is -0.384. The van der Waals surface area contributed by atoms with Crippen molar-refractivity contribution in [3.63, 3.8) is 0 Å². The fourth-order valence-electron chi connectivity index (χ4n) is 2.67. The van der Waals surface area contributed by atoms with Crippen LogP contribution in [-0.4, -0.2) is 30.2 Å². The maximum absolute atomic E-state index is 12.7. The molecule has 1 aromatic rings. The maximum atomic E-state index is 12.7. The number of nitrogens with zero attached hydrogens (tertiary/aromatic N) is 2. The Morgan fingerprint density at radius 1 is 1.38 bits per heavy atom. The van der Waals surface area contributed by atoms with Crippen LogP contribution in [0.4, 0.5) is 5.69 Å². The van der Waals surface area contributed by atoms with E-state index in [4.69, 9.17) is 11.6 Å². The van der Waals surface area contributed by atoms with Gasteiger partial charge in [0.25, 0.3) is 5.69 Å². The van der Waals surface area contributed by atoms with E-state index < -0.39 is 20.6 Å². The topological polar surface area (TPSA) is 80.5 Å². The van der Waals surface area contributed by atoms with Crippen molar-refractivity contribution in [1.29, 1.82) is 0 Å². The van der Waals surface area contributed by atoms with Crippen LogP contribution in [0.3, 0.4) is 0 Å². The minimum atomic E-state index is -3.74. The van der Waals surface area contributed by atoms with Gasteiger partial charge in [0.15, 0.2) is 0 Å². The number of piperidine rings is 1. The first-order valence-electron chi connectivity index (χ1n) is 6.69. The fraction of sp³-hybridized carbons (Fsp3) is 0.538. The zero-order chi connectivity index (χ0) is 15.8. The van der Waals surface area contributed by atoms with Gasteiger partial charge < -0.3 is 0 Å². The van der Waals surface area contributed by atoms with Crippen molar-refractivity contribution in [3.8, 4) is 0 Å². The number of rotatable bonds is 3. The summed E-state index contributed by atoms with van der Waals surface area (Å²) < 4.78 is 26.7. The molecule has 0 aromatic heterocycles. The van der Waals surface area contributed by atoms with Crippen LogP contribution in [0.2, 0.25) is 5.02 Å². The predicted octanol–water partition coefficient (Wildman–Crippen LogP) is 3.06. The third-order valence-corrected chi connectivity index (χ3v) is 6.13. The lowest BCUT2D eigenvalue weighted by atomic mass is 9.95. The van der Waals surface area contributed by atoms with Crippen LogP contribution < -0.4 is 0 Å². The fourth-order valence-corrected chi connectivity index (χ4v) is 4.53. The Bertz CT molecular complexity index is 662. The SMILES string of the molecule is CC1CCN(S(=O)(=O)c2ccc(Cl)c([N+](=O)[O-])c2)C(C)C1. The van der Waals surface area contributed by atoms with E-state index in [1.807, 2.05) is 6.92 Å². The number of nitro groups is 1. The molecule has 0 amide bonds. The molecule has 1 aliphatic rings. The number of hydrogen-bond donors (Lipinski definition) is 0. The van der Waals surface area contributed by atoms with Gasteiger partial charge >= 0.3 is 0 Å². The van der Waals surface area contributed by atoms with Gasteiger partial charge in [0.05, 0.1) is 9.82 Å². The van der Waals surface area contributed by atoms with Crippen LogP contribution in [0, 0.1) is 16.0 Å². The second kappa shape index (κ2) is 5.90. The van der Waals surface area contributed by atoms with E-state index >= 15 is 0 Å². The minimum absolute atomic E-state index is 0.0701. The highest BCUT2D eigenvalue weighted by molar-refractivity contribution is 7.89. The van der Waals surface area contributed by atoms with E-state index in [1.54, 1.807) is 0 Å². The molecule has 0 spiro atoms. The largest absolute Gasteiger partial charge is 0.289 e. The zero-order valence-corrected chi connectivity index (χ0v) is 13.4. The van der Waals surface area contributed by atoms with Gasteiger partial charge in [-0.3, -0.25) is 10.1 Å². The van der Waals surface area contributed by atoms with E-state index in [0.717, 1.165) is 18.9 Å². The Labute approximate surface area is 128 Å². The van der Waals surface area contributed by atoms with Crippen LogP contribution >= 0.6 is 11.6 Å². The smallest absolute Gasteiger partial charge is 0.258 e. The molecule has 1 aromatic carbocycles. The molecule has 1 saturated heterocycles. The highest BCUT2D eigenvalue weighted by Crippen LogP contribution is 2.32. The third-order valence-electron chi connectivity index (χ3n) is 3.80. The first-order chi connectivity index (χ1) is 9.73. The van der Waals surface area contributed by atoms with Crippen LogP contribution in [0.1, 0.15) is 26.7 Å². The molecule has 1 fully saturated rings. The van der Waals surface area contributed by atoms with Crippen molar-refractivity contribution in [2.24, 2.45) is 5.92 Å². The van der Waals surface area contributed by atoms with E-state index in [9.17, 15) is 18.5 Å². The summed E-state index contributed by atoms with van der Waals surface area (Å²) in [6.07, 6.45) is 1.58. The molecule has 6 nitrogen and oxygen atoms in total. The molecule has 0 N–H and O–H groups in total. The van der Waals surface area contributed by atoms with Crippen molar-refractivity contribution in [1.82, 2.24) is 4.31 Å². The summed E-state index contributed by atoms with van der Waals surface area (Å²) in [5.41, 5.74) is -0.393. The Hall–Kier alpha value is -1.18. The number of benzene rings is 1. The molecule has 0 saturated carbocycles. The summed E-state index contributed by atoms with van der Waals surface area (Å²) in [5, 5.41) is 10.8. The average Bonchev–Trinajstić information content (AvgIpc) is 2.38. The summed E-state index contributed by atoms with van der Waals surface area (Å²) in [7, 11) is -3.74. The Kier molecular flexibility index (Phi) is 4.55. The maximum Gasteiger partial charge on any atom is 0.289 e. The van der Waals surface area contributed by atoms with E-state index in [0.29, 0.717) is 12.5 Å². The van der Waals surface area contributed by atoms with Crippen LogP contribution in [-0.2, 0) is 10.0 Å². The quantitative estimate of drug-likeness (QED) is 0.629. The molecule has 2 atom stereocenters. The van der Waals surface area contributed by atoms with Gasteiger partial charge in [0.2, 0.25) is 10.0 Å². The van der Waals surface area contributed by atoms with Crippen molar-refractivity contribution < 1.29 is 13.3 Å². The van der Waals surface area contributed by atoms with Gasteiger partial charge in [0.1, 0.15) is 5.02 Å². The molecule has 2 rings (SSSR count). The van der Waals surface area contributed by atoms with Gasteiger partial charge in [0, 0.05) is 18.7 Å². The molecular weight excluding hydrogens is 316 g/mol. The predicted molar refractivity (Wildman–Crippen MR) is 79.9 cm³/mol. The van der Waals surface area contributed by atoms with Crippen molar-refractivity contribution >= 4 is 27.3 Å². The lowest BCUT2D eigenvalue weighted by Gasteiger charge is -2.35. The number of nitro benzene ring substituents is 1. The van der Waals surface area contributed by atoms with Crippen LogP contribution in [0.5, 0.6) is 0 Å². The van der Waals surface area contributed by atoms with E-state index in [2.05, 4.69) is 6.92 Å². The standard InChI is InChI=1S/C13H17ClN2O4S/c1-9-5-6-15(10(2)7-9)21(19,20)11-3-4-12(14)13(8-11)16(17)18/h3-4,8-10H,5-7H2,1-2H3. The molecule has 1 aliphatic heterocycles. The van der Waals surface area contributed by atoms with Gasteiger partial charge in [-0.15, -0.1) is 0 Å². The molecule has 0 radical (unpaired) electrons. The Balaban J connectivity index is 2.40. The molecular formula is C13H17ClN2O4S. The molecule has 2 unspecified atom stereocenters. The summed E-state index contributed by atoms with van der Waals surface area (Å²) in [6.45, 7) is 4.38. The second-order valence-corrected chi connectivity index (χ2v) is 7.76. The first kappa shape index (κ1) is 16.2. The number of halogens is 1. The molecule has 0 bridgehead atoms. The third kappa shape index (κ3) is 3.20. The molecule has 21 heavy (non-hydrogen) atoms. The Morgan fingerprint density at radius 2 is 2.05 bits per heavy atom. The first-order valence-corrected chi connectivity index (χ1v) is 8.51. The normalized spacial score (nSPS) is 24.0. The van der Waals surface area contributed by atoms with Crippen LogP contribution in [0.25, 0.3) is 0 Å². The molecule has 8 heteroatoms. The van der Waals surface area contributed by atoms with Gasteiger partial charge in [-0.05, 0) is 37.8 Å². The van der Waals surface area contributed by atoms with E-state index in [1.165, 1.54) is 16.4 Å². The van der Waals surface area contributed by atoms with Gasteiger partial charge in [-0.25, -0.2) is 8.42 Å². The Morgan fingerprint density at radius 3 is 2.62 bits per heavy atom. The minimum Gasteiger partial charge on any atom is -0.258 e. The summed E-state index contributed by atoms with van der Waals surface area (Å²) in [6, 6.07) is 3.48.